The van der Waals surface area contributed by atoms with Crippen LogP contribution in [-0.4, -0.2) is 23.1 Å². The largest absolute Gasteiger partial charge is 0.313 e. The van der Waals surface area contributed by atoms with Gasteiger partial charge in [0.25, 0.3) is 0 Å². The normalized spacial score (nSPS) is 14.6. The number of hydrogen-bond donors (Lipinski definition) is 0. The molecule has 0 saturated heterocycles. The van der Waals surface area contributed by atoms with Crippen LogP contribution in [0.3, 0.4) is 0 Å². The molecular weight excluding hydrogens is 299 g/mol. The summed E-state index contributed by atoms with van der Waals surface area (Å²) in [6.07, 6.45) is 0.997. The molecule has 0 fully saturated rings. The number of halogens is 2. The van der Waals surface area contributed by atoms with E-state index in [9.17, 15) is 4.39 Å². The van der Waals surface area contributed by atoms with E-state index in [1.807, 2.05) is 24.3 Å². The molecule has 1 aliphatic rings. The van der Waals surface area contributed by atoms with E-state index in [-0.39, 0.29) is 18.2 Å². The van der Waals surface area contributed by atoms with E-state index < -0.39 is 0 Å². The summed E-state index contributed by atoms with van der Waals surface area (Å²) in [4.78, 5) is 2.29. The molecule has 0 saturated carbocycles. The highest BCUT2D eigenvalue weighted by Crippen LogP contribution is 2.33. The molecule has 0 radical (unpaired) electrons. The lowest BCUT2D eigenvalue weighted by Gasteiger charge is -2.24. The van der Waals surface area contributed by atoms with E-state index in [2.05, 4.69) is 28.6 Å². The maximum absolute atomic E-state index is 13.7. The van der Waals surface area contributed by atoms with E-state index >= 15 is 0 Å². The first-order chi connectivity index (χ1) is 10.2. The van der Waals surface area contributed by atoms with Gasteiger partial charge in [-0.05, 0) is 42.9 Å². The molecule has 0 atom stereocenters. The molecule has 22 heavy (non-hydrogen) atoms. The second-order valence-electron chi connectivity index (χ2n) is 5.75. The highest BCUT2D eigenvalue weighted by atomic mass is 35.5. The minimum Gasteiger partial charge on any atom is -0.313 e. The van der Waals surface area contributed by atoms with Crippen molar-refractivity contribution in [2.75, 3.05) is 13.6 Å². The van der Waals surface area contributed by atoms with Crippen molar-refractivity contribution >= 4 is 23.3 Å². The molecule has 0 bridgehead atoms. The van der Waals surface area contributed by atoms with Crippen molar-refractivity contribution in [1.82, 2.24) is 9.47 Å². The van der Waals surface area contributed by atoms with E-state index in [0.29, 0.717) is 0 Å². The Balaban J connectivity index is 0.00000144. The Bertz CT molecular complexity index is 811. The summed E-state index contributed by atoms with van der Waals surface area (Å²) in [6.45, 7) is 1.92. The molecular formula is C18H18ClFN2. The molecule has 3 aromatic rings. The molecule has 4 heteroatoms. The van der Waals surface area contributed by atoms with Gasteiger partial charge in [0.2, 0.25) is 0 Å². The van der Waals surface area contributed by atoms with Crippen molar-refractivity contribution < 1.29 is 4.39 Å². The van der Waals surface area contributed by atoms with E-state index in [1.54, 1.807) is 12.1 Å². The van der Waals surface area contributed by atoms with E-state index in [0.717, 1.165) is 36.1 Å². The summed E-state index contributed by atoms with van der Waals surface area (Å²) in [5, 5.41) is 1.04. The van der Waals surface area contributed by atoms with Gasteiger partial charge in [0.1, 0.15) is 5.82 Å². The maximum Gasteiger partial charge on any atom is 0.123 e. The first-order valence-corrected chi connectivity index (χ1v) is 7.30. The number of hydrogen-bond acceptors (Lipinski definition) is 1. The second-order valence-corrected chi connectivity index (χ2v) is 5.75. The fourth-order valence-corrected chi connectivity index (χ4v) is 3.34. The first-order valence-electron chi connectivity index (χ1n) is 7.30. The molecule has 1 aromatic heterocycles. The van der Waals surface area contributed by atoms with Crippen molar-refractivity contribution in [3.8, 4) is 5.69 Å². The summed E-state index contributed by atoms with van der Waals surface area (Å²) in [7, 11) is 2.12. The van der Waals surface area contributed by atoms with Crippen LogP contribution < -0.4 is 0 Å². The molecule has 0 spiro atoms. The molecule has 114 valence electrons. The fraction of sp³-hybridized carbons (Fsp3) is 0.222. The van der Waals surface area contributed by atoms with Gasteiger partial charge in [-0.2, -0.15) is 0 Å². The monoisotopic (exact) mass is 316 g/mol. The topological polar surface area (TPSA) is 8.17 Å². The van der Waals surface area contributed by atoms with Crippen LogP contribution in [0.1, 0.15) is 11.3 Å². The van der Waals surface area contributed by atoms with Crippen molar-refractivity contribution in [3.05, 3.63) is 65.6 Å². The molecule has 0 aliphatic carbocycles. The molecule has 2 nitrogen and oxygen atoms in total. The lowest BCUT2D eigenvalue weighted by molar-refractivity contribution is 0.311. The molecule has 0 N–H and O–H groups in total. The van der Waals surface area contributed by atoms with Crippen molar-refractivity contribution in [3.63, 3.8) is 0 Å². The summed E-state index contributed by atoms with van der Waals surface area (Å²) in [5.41, 5.74) is 4.84. The number of nitrogens with zero attached hydrogens (tertiary/aromatic N) is 2. The first kappa shape index (κ1) is 15.1. The van der Waals surface area contributed by atoms with Crippen LogP contribution in [0.25, 0.3) is 16.6 Å². The second kappa shape index (κ2) is 5.75. The molecule has 0 unspecified atom stereocenters. The van der Waals surface area contributed by atoms with Crippen LogP contribution >= 0.6 is 12.4 Å². The van der Waals surface area contributed by atoms with Crippen LogP contribution in [0.4, 0.5) is 4.39 Å². The minimum atomic E-state index is -0.163. The number of para-hydroxylation sites is 1. The molecule has 4 rings (SSSR count). The highest BCUT2D eigenvalue weighted by molar-refractivity contribution is 5.87. The lowest BCUT2D eigenvalue weighted by Crippen LogP contribution is -2.27. The smallest absolute Gasteiger partial charge is 0.123 e. The van der Waals surface area contributed by atoms with Gasteiger partial charge in [-0.1, -0.05) is 18.2 Å². The number of rotatable bonds is 1. The zero-order chi connectivity index (χ0) is 14.4. The summed E-state index contributed by atoms with van der Waals surface area (Å²) in [5.74, 6) is -0.163. The van der Waals surface area contributed by atoms with Crippen LogP contribution in [0.2, 0.25) is 0 Å². The van der Waals surface area contributed by atoms with Crippen LogP contribution in [0, 0.1) is 5.82 Å². The average molecular weight is 317 g/mol. The molecule has 2 aromatic carbocycles. The Morgan fingerprint density at radius 3 is 2.59 bits per heavy atom. The summed E-state index contributed by atoms with van der Waals surface area (Å²) >= 11 is 0. The van der Waals surface area contributed by atoms with Gasteiger partial charge >= 0.3 is 0 Å². The molecule has 1 aliphatic heterocycles. The van der Waals surface area contributed by atoms with Gasteiger partial charge in [0.05, 0.1) is 5.52 Å². The number of aromatic nitrogens is 1. The fourth-order valence-electron chi connectivity index (χ4n) is 3.34. The Morgan fingerprint density at radius 2 is 1.82 bits per heavy atom. The Labute approximate surface area is 135 Å². The van der Waals surface area contributed by atoms with Crippen molar-refractivity contribution in [1.29, 1.82) is 0 Å². The maximum atomic E-state index is 13.7. The van der Waals surface area contributed by atoms with Gasteiger partial charge in [0, 0.05) is 36.3 Å². The Kier molecular flexibility index (Phi) is 3.94. The molecule has 0 amide bonds. The quantitative estimate of drug-likeness (QED) is 0.654. The van der Waals surface area contributed by atoms with E-state index in [4.69, 9.17) is 0 Å². The van der Waals surface area contributed by atoms with Gasteiger partial charge in [0.15, 0.2) is 0 Å². The number of benzene rings is 2. The lowest BCUT2D eigenvalue weighted by atomic mass is 10.0. The zero-order valence-corrected chi connectivity index (χ0v) is 13.2. The minimum absolute atomic E-state index is 0. The van der Waals surface area contributed by atoms with Crippen LogP contribution in [-0.2, 0) is 13.0 Å². The third kappa shape index (κ3) is 2.31. The Morgan fingerprint density at radius 1 is 1.05 bits per heavy atom. The van der Waals surface area contributed by atoms with E-state index in [1.165, 1.54) is 11.3 Å². The van der Waals surface area contributed by atoms with Gasteiger partial charge in [-0.25, -0.2) is 4.39 Å². The third-order valence-corrected chi connectivity index (χ3v) is 4.32. The van der Waals surface area contributed by atoms with Crippen molar-refractivity contribution in [2.24, 2.45) is 0 Å². The van der Waals surface area contributed by atoms with Crippen LogP contribution in [0.5, 0.6) is 0 Å². The number of likely N-dealkylation sites (N-methyl/N-ethyl adjacent to an activating group) is 1. The SMILES string of the molecule is CN1CCc2c(c3cc(F)ccc3n2-c2ccccc2)C1.Cl. The average Bonchev–Trinajstić information content (AvgIpc) is 2.81. The molecule has 2 heterocycles. The summed E-state index contributed by atoms with van der Waals surface area (Å²) < 4.78 is 16.0. The summed E-state index contributed by atoms with van der Waals surface area (Å²) in [6, 6.07) is 15.5. The van der Waals surface area contributed by atoms with Crippen LogP contribution in [0.15, 0.2) is 48.5 Å². The predicted octanol–water partition coefficient (Wildman–Crippen LogP) is 4.18. The highest BCUT2D eigenvalue weighted by Gasteiger charge is 2.23. The number of fused-ring (bicyclic) bond motifs is 3. The zero-order valence-electron chi connectivity index (χ0n) is 12.4. The van der Waals surface area contributed by atoms with Crippen molar-refractivity contribution in [2.45, 2.75) is 13.0 Å². The van der Waals surface area contributed by atoms with Gasteiger partial charge in [-0.15, -0.1) is 12.4 Å². The van der Waals surface area contributed by atoms with Gasteiger partial charge in [-0.3, -0.25) is 0 Å². The van der Waals surface area contributed by atoms with Gasteiger partial charge < -0.3 is 9.47 Å². The third-order valence-electron chi connectivity index (χ3n) is 4.32. The predicted molar refractivity (Wildman–Crippen MR) is 90.5 cm³/mol. The standard InChI is InChI=1S/C18H17FN2.ClH/c1-20-10-9-18-16(12-20)15-11-13(19)7-8-17(15)21(18)14-5-3-2-4-6-14;/h2-8,11H,9-10,12H2,1H3;1H. The Hall–Kier alpha value is -1.84.